The molecular weight excluding hydrogens is 266 g/mol. The lowest BCUT2D eigenvalue weighted by molar-refractivity contribution is -0.118. The Kier molecular flexibility index (Phi) is 6.14. The summed E-state index contributed by atoms with van der Waals surface area (Å²) in [4.78, 5) is 27.7. The number of carbonyl (C=O) groups excluding carboxylic acids is 2. The number of pyridine rings is 1. The van der Waals surface area contributed by atoms with Crippen molar-refractivity contribution < 1.29 is 14.3 Å². The van der Waals surface area contributed by atoms with Gasteiger partial charge in [0, 0.05) is 17.6 Å². The molecule has 19 heavy (non-hydrogen) atoms. The SMILES string of the molecule is CCNC(=O)CSc1cnc(N)cc1C(=O)OCC. The molecule has 1 heterocycles. The molecule has 0 aliphatic rings. The minimum Gasteiger partial charge on any atom is -0.462 e. The third-order valence-corrected chi connectivity index (χ3v) is 3.16. The van der Waals surface area contributed by atoms with Crippen LogP contribution in [0.15, 0.2) is 17.2 Å². The fraction of sp³-hybridized carbons (Fsp3) is 0.417. The van der Waals surface area contributed by atoms with Gasteiger partial charge in [0.1, 0.15) is 5.82 Å². The second-order valence-corrected chi connectivity index (χ2v) is 4.59. The number of nitrogens with one attached hydrogen (secondary N) is 1. The van der Waals surface area contributed by atoms with E-state index in [0.717, 1.165) is 0 Å². The Hall–Kier alpha value is -1.76. The van der Waals surface area contributed by atoms with Crippen LogP contribution in [0.2, 0.25) is 0 Å². The van der Waals surface area contributed by atoms with Crippen LogP contribution in [0.25, 0.3) is 0 Å². The smallest absolute Gasteiger partial charge is 0.339 e. The largest absolute Gasteiger partial charge is 0.462 e. The standard InChI is InChI=1S/C12H17N3O3S/c1-3-14-11(16)7-19-9-6-15-10(13)5-8(9)12(17)18-4-2/h5-6H,3-4,7H2,1-2H3,(H2,13,15)(H,14,16). The number of rotatable bonds is 6. The van der Waals surface area contributed by atoms with Crippen LogP contribution in [0.4, 0.5) is 5.82 Å². The van der Waals surface area contributed by atoms with Gasteiger partial charge in [-0.2, -0.15) is 0 Å². The summed E-state index contributed by atoms with van der Waals surface area (Å²) in [7, 11) is 0. The molecule has 1 aromatic rings. The van der Waals surface area contributed by atoms with E-state index in [4.69, 9.17) is 10.5 Å². The number of amides is 1. The number of ether oxygens (including phenoxy) is 1. The normalized spacial score (nSPS) is 10.0. The van der Waals surface area contributed by atoms with E-state index in [1.54, 1.807) is 6.92 Å². The molecule has 7 heteroatoms. The first-order valence-electron chi connectivity index (χ1n) is 5.90. The summed E-state index contributed by atoms with van der Waals surface area (Å²) in [6, 6.07) is 1.46. The van der Waals surface area contributed by atoms with Gasteiger partial charge in [0.15, 0.2) is 0 Å². The number of hydrogen-bond donors (Lipinski definition) is 2. The van der Waals surface area contributed by atoms with Gasteiger partial charge < -0.3 is 15.8 Å². The minimum absolute atomic E-state index is 0.0980. The zero-order valence-electron chi connectivity index (χ0n) is 10.9. The summed E-state index contributed by atoms with van der Waals surface area (Å²) < 4.78 is 4.94. The van der Waals surface area contributed by atoms with Gasteiger partial charge in [-0.15, -0.1) is 11.8 Å². The van der Waals surface area contributed by atoms with Crippen LogP contribution in [0, 0.1) is 0 Å². The predicted octanol–water partition coefficient (Wildman–Crippen LogP) is 1.07. The van der Waals surface area contributed by atoms with E-state index in [-0.39, 0.29) is 24.1 Å². The van der Waals surface area contributed by atoms with Gasteiger partial charge in [0.2, 0.25) is 5.91 Å². The quantitative estimate of drug-likeness (QED) is 0.599. The van der Waals surface area contributed by atoms with Crippen molar-refractivity contribution >= 4 is 29.5 Å². The van der Waals surface area contributed by atoms with Crippen LogP contribution in [0.5, 0.6) is 0 Å². The maximum atomic E-state index is 11.8. The maximum Gasteiger partial charge on any atom is 0.339 e. The maximum absolute atomic E-state index is 11.8. The number of nitrogen functional groups attached to an aromatic ring is 1. The van der Waals surface area contributed by atoms with Crippen molar-refractivity contribution in [1.29, 1.82) is 0 Å². The average Bonchev–Trinajstić information content (AvgIpc) is 2.38. The zero-order valence-corrected chi connectivity index (χ0v) is 11.8. The van der Waals surface area contributed by atoms with E-state index in [2.05, 4.69) is 10.3 Å². The van der Waals surface area contributed by atoms with E-state index in [9.17, 15) is 9.59 Å². The highest BCUT2D eigenvalue weighted by atomic mass is 32.2. The summed E-state index contributed by atoms with van der Waals surface area (Å²) >= 11 is 1.23. The highest BCUT2D eigenvalue weighted by Gasteiger charge is 2.15. The van der Waals surface area contributed by atoms with Gasteiger partial charge in [-0.3, -0.25) is 4.79 Å². The van der Waals surface area contributed by atoms with E-state index >= 15 is 0 Å². The lowest BCUT2D eigenvalue weighted by Crippen LogP contribution is -2.24. The van der Waals surface area contributed by atoms with Gasteiger partial charge in [0.25, 0.3) is 0 Å². The molecular formula is C12H17N3O3S. The summed E-state index contributed by atoms with van der Waals surface area (Å²) in [5.74, 6) is -0.106. The summed E-state index contributed by atoms with van der Waals surface area (Å²) in [6.07, 6.45) is 1.48. The molecule has 1 aromatic heterocycles. The second kappa shape index (κ2) is 7.63. The third kappa shape index (κ3) is 4.78. The first-order chi connectivity index (χ1) is 9.08. The van der Waals surface area contributed by atoms with E-state index in [1.807, 2.05) is 6.92 Å². The third-order valence-electron chi connectivity index (χ3n) is 2.12. The molecule has 0 saturated heterocycles. The lowest BCUT2D eigenvalue weighted by atomic mass is 10.2. The molecule has 1 rings (SSSR count). The Morgan fingerprint density at radius 1 is 1.47 bits per heavy atom. The fourth-order valence-electron chi connectivity index (χ4n) is 1.33. The summed E-state index contributed by atoms with van der Waals surface area (Å²) in [5, 5.41) is 2.68. The molecule has 0 fully saturated rings. The van der Waals surface area contributed by atoms with Crippen molar-refractivity contribution in [2.45, 2.75) is 18.7 Å². The molecule has 0 bridgehead atoms. The van der Waals surface area contributed by atoms with Crippen LogP contribution in [-0.2, 0) is 9.53 Å². The number of nitrogens with zero attached hydrogens (tertiary/aromatic N) is 1. The molecule has 0 saturated carbocycles. The number of thioether (sulfide) groups is 1. The van der Waals surface area contributed by atoms with Gasteiger partial charge in [-0.1, -0.05) is 0 Å². The highest BCUT2D eigenvalue weighted by Crippen LogP contribution is 2.24. The molecule has 3 N–H and O–H groups in total. The monoisotopic (exact) mass is 283 g/mol. The lowest BCUT2D eigenvalue weighted by Gasteiger charge is -2.08. The molecule has 1 amide bonds. The first-order valence-corrected chi connectivity index (χ1v) is 6.89. The van der Waals surface area contributed by atoms with Crippen molar-refractivity contribution in [3.63, 3.8) is 0 Å². The number of esters is 1. The predicted molar refractivity (Wildman–Crippen MR) is 74.0 cm³/mol. The molecule has 0 radical (unpaired) electrons. The van der Waals surface area contributed by atoms with E-state index in [1.165, 1.54) is 24.0 Å². The number of carbonyl (C=O) groups is 2. The number of nitrogens with two attached hydrogens (primary N) is 1. The Labute approximate surface area is 116 Å². The van der Waals surface area contributed by atoms with Gasteiger partial charge in [-0.05, 0) is 19.9 Å². The van der Waals surface area contributed by atoms with Crippen molar-refractivity contribution in [3.05, 3.63) is 17.8 Å². The van der Waals surface area contributed by atoms with Crippen LogP contribution >= 0.6 is 11.8 Å². The molecule has 104 valence electrons. The van der Waals surface area contributed by atoms with E-state index < -0.39 is 5.97 Å². The Morgan fingerprint density at radius 2 is 2.21 bits per heavy atom. The Balaban J connectivity index is 2.82. The van der Waals surface area contributed by atoms with Crippen LogP contribution in [0.1, 0.15) is 24.2 Å². The Bertz CT molecular complexity index is 466. The summed E-state index contributed by atoms with van der Waals surface area (Å²) in [5.41, 5.74) is 5.89. The first kappa shape index (κ1) is 15.3. The van der Waals surface area contributed by atoms with Gasteiger partial charge in [-0.25, -0.2) is 9.78 Å². The van der Waals surface area contributed by atoms with Gasteiger partial charge >= 0.3 is 5.97 Å². The molecule has 0 spiro atoms. The highest BCUT2D eigenvalue weighted by molar-refractivity contribution is 8.00. The van der Waals surface area contributed by atoms with Crippen LogP contribution in [-0.4, -0.2) is 35.8 Å². The van der Waals surface area contributed by atoms with Crippen LogP contribution in [0.3, 0.4) is 0 Å². The topological polar surface area (TPSA) is 94.3 Å². The van der Waals surface area contributed by atoms with Crippen molar-refractivity contribution in [1.82, 2.24) is 10.3 Å². The van der Waals surface area contributed by atoms with Crippen molar-refractivity contribution in [2.24, 2.45) is 0 Å². The number of anilines is 1. The molecule has 6 nitrogen and oxygen atoms in total. The molecule has 0 aliphatic carbocycles. The number of aromatic nitrogens is 1. The number of hydrogen-bond acceptors (Lipinski definition) is 6. The van der Waals surface area contributed by atoms with Crippen molar-refractivity contribution in [3.8, 4) is 0 Å². The average molecular weight is 283 g/mol. The molecule has 0 atom stereocenters. The summed E-state index contributed by atoms with van der Waals surface area (Å²) in [6.45, 7) is 4.42. The van der Waals surface area contributed by atoms with Gasteiger partial charge in [0.05, 0.1) is 17.9 Å². The second-order valence-electron chi connectivity index (χ2n) is 3.57. The molecule has 0 aliphatic heterocycles. The van der Waals surface area contributed by atoms with E-state index in [0.29, 0.717) is 17.0 Å². The van der Waals surface area contributed by atoms with Crippen molar-refractivity contribution in [2.75, 3.05) is 24.6 Å². The fourth-order valence-corrected chi connectivity index (χ4v) is 2.15. The minimum atomic E-state index is -0.463. The van der Waals surface area contributed by atoms with Crippen LogP contribution < -0.4 is 11.1 Å². The Morgan fingerprint density at radius 3 is 2.84 bits per heavy atom. The zero-order chi connectivity index (χ0) is 14.3. The molecule has 0 aromatic carbocycles. The molecule has 0 unspecified atom stereocenters.